The van der Waals surface area contributed by atoms with Crippen molar-refractivity contribution in [3.8, 4) is 11.1 Å². The summed E-state index contributed by atoms with van der Waals surface area (Å²) in [6.45, 7) is 19.6. The molecule has 2 aliphatic heterocycles. The first-order valence-corrected chi connectivity index (χ1v) is 26.9. The molecule has 76 heavy (non-hydrogen) atoms. The summed E-state index contributed by atoms with van der Waals surface area (Å²) in [5.74, 6) is 2.03. The summed E-state index contributed by atoms with van der Waals surface area (Å²) < 4.78 is 7.34. The Morgan fingerprint density at radius 3 is 1.50 bits per heavy atom. The number of nitrogens with one attached hydrogen (secondary N) is 2. The highest BCUT2D eigenvalue weighted by Crippen LogP contribution is 2.64. The van der Waals surface area contributed by atoms with Crippen molar-refractivity contribution in [3.63, 3.8) is 0 Å². The van der Waals surface area contributed by atoms with Crippen LogP contribution >= 0.6 is 0 Å². The lowest BCUT2D eigenvalue weighted by molar-refractivity contribution is 0.590. The lowest BCUT2D eigenvalue weighted by atomic mass is 9.66. The molecule has 1 aromatic heterocycles. The van der Waals surface area contributed by atoms with E-state index in [0.29, 0.717) is 0 Å². The quantitative estimate of drug-likeness (QED) is 0.149. The molecular formula is C71H64N4O. The summed E-state index contributed by atoms with van der Waals surface area (Å²) in [6.07, 6.45) is 8.94. The molecule has 3 heterocycles. The van der Waals surface area contributed by atoms with Crippen LogP contribution in [0.4, 0.5) is 22.7 Å². The third-order valence-corrected chi connectivity index (χ3v) is 16.2. The lowest BCUT2D eigenvalue weighted by Crippen LogP contribution is -2.32. The number of dihydropyridines is 2. The van der Waals surface area contributed by atoms with Gasteiger partial charge in [0.2, 0.25) is 0 Å². The number of fused-ring (bicyclic) bond motifs is 12. The van der Waals surface area contributed by atoms with Crippen LogP contribution < -0.4 is 20.4 Å². The molecule has 5 heteroatoms. The first-order chi connectivity index (χ1) is 36.8. The number of hydrogen-bond donors (Lipinski definition) is 2. The highest BCUT2D eigenvalue weighted by atomic mass is 16.3. The van der Waals surface area contributed by atoms with Gasteiger partial charge in [-0.2, -0.15) is 0 Å². The van der Waals surface area contributed by atoms with E-state index in [9.17, 15) is 0 Å². The van der Waals surface area contributed by atoms with E-state index in [-0.39, 0.29) is 10.8 Å². The third kappa shape index (κ3) is 7.50. The van der Waals surface area contributed by atoms with Gasteiger partial charge >= 0.3 is 0 Å². The van der Waals surface area contributed by atoms with Crippen molar-refractivity contribution in [2.75, 3.05) is 22.9 Å². The SMILES string of the molecule is CC1=CC=C(N(c2ccc(C(C)(C)C)cc2)c2ccc3c4c(c5ccccc5c3c2)-c2c(cc(N(C3=CC=C(C)CN3)c3ccc(C(C)(C)C)cc3)c3oc5ccccc5c23)C4(c2ccccc2)c2ccccc2)NC1. The number of furan rings is 1. The van der Waals surface area contributed by atoms with E-state index in [1.54, 1.807) is 0 Å². The maximum atomic E-state index is 7.34. The minimum absolute atomic E-state index is 0.00923. The Morgan fingerprint density at radius 2 is 0.947 bits per heavy atom. The van der Waals surface area contributed by atoms with Gasteiger partial charge in [-0.05, 0) is 151 Å². The summed E-state index contributed by atoms with van der Waals surface area (Å²) in [5.41, 5.74) is 17.7. The van der Waals surface area contributed by atoms with Crippen molar-refractivity contribution in [1.29, 1.82) is 0 Å². The largest absolute Gasteiger partial charge is 0.454 e. The van der Waals surface area contributed by atoms with E-state index in [2.05, 4.69) is 282 Å². The maximum absolute atomic E-state index is 7.34. The van der Waals surface area contributed by atoms with Crippen LogP contribution in [0.15, 0.2) is 234 Å². The molecule has 1 aliphatic carbocycles. The molecule has 374 valence electrons. The molecule has 5 nitrogen and oxygen atoms in total. The Balaban J connectivity index is 1.18. The predicted molar refractivity (Wildman–Crippen MR) is 320 cm³/mol. The van der Waals surface area contributed by atoms with Crippen LogP contribution in [0.5, 0.6) is 0 Å². The molecule has 9 aromatic carbocycles. The Kier molecular flexibility index (Phi) is 11.1. The van der Waals surface area contributed by atoms with Gasteiger partial charge in [0, 0.05) is 40.9 Å². The zero-order valence-corrected chi connectivity index (χ0v) is 44.8. The van der Waals surface area contributed by atoms with Gasteiger partial charge in [-0.1, -0.05) is 198 Å². The Hall–Kier alpha value is -8.54. The van der Waals surface area contributed by atoms with Crippen molar-refractivity contribution in [1.82, 2.24) is 10.6 Å². The standard InChI is InChI=1S/C71H64N4O/c1-45-27-39-62(72-43-45)74(51-33-29-47(30-34-51)69(3,4)5)53-37-38-56-58(41-53)54-23-15-16-24-55(54)64-66-59(71(67(56)64,49-19-11-9-12-20-49)50-21-13-10-14-22-50)42-60(68-65(66)57-25-17-18-26-61(57)76-68)75(63-40-28-46(2)44-73-63)52-35-31-48(32-36-52)70(6,7)8/h9-42,72-73H,43-44H2,1-8H3. The number of allylic oxidation sites excluding steroid dienone is 4. The van der Waals surface area contributed by atoms with Crippen LogP contribution in [0, 0.1) is 0 Å². The number of hydrogen-bond acceptors (Lipinski definition) is 5. The molecule has 0 fully saturated rings. The van der Waals surface area contributed by atoms with Crippen LogP contribution in [0.3, 0.4) is 0 Å². The molecule has 0 radical (unpaired) electrons. The van der Waals surface area contributed by atoms with E-state index < -0.39 is 5.41 Å². The topological polar surface area (TPSA) is 43.7 Å². The molecule has 0 saturated carbocycles. The Morgan fingerprint density at radius 1 is 0.447 bits per heavy atom. The highest BCUT2D eigenvalue weighted by Gasteiger charge is 2.50. The number of para-hydroxylation sites is 1. The lowest BCUT2D eigenvalue weighted by Gasteiger charge is -2.36. The highest BCUT2D eigenvalue weighted by molar-refractivity contribution is 6.27. The van der Waals surface area contributed by atoms with E-state index in [1.165, 1.54) is 77.2 Å². The first kappa shape index (κ1) is 47.2. The van der Waals surface area contributed by atoms with E-state index >= 15 is 0 Å². The second-order valence-corrected chi connectivity index (χ2v) is 23.2. The number of anilines is 4. The van der Waals surface area contributed by atoms with Gasteiger partial charge in [0.15, 0.2) is 5.58 Å². The minimum Gasteiger partial charge on any atom is -0.454 e. The monoisotopic (exact) mass is 989 g/mol. The van der Waals surface area contributed by atoms with Crippen molar-refractivity contribution in [3.05, 3.63) is 262 Å². The summed E-state index contributed by atoms with van der Waals surface area (Å²) >= 11 is 0. The van der Waals surface area contributed by atoms with Crippen LogP contribution in [0.2, 0.25) is 0 Å². The molecule has 0 amide bonds. The fourth-order valence-electron chi connectivity index (χ4n) is 12.4. The van der Waals surface area contributed by atoms with Crippen LogP contribution in [-0.4, -0.2) is 13.1 Å². The molecule has 2 N–H and O–H groups in total. The molecule has 13 rings (SSSR count). The average molecular weight is 989 g/mol. The van der Waals surface area contributed by atoms with Gasteiger partial charge in [0.05, 0.1) is 11.1 Å². The summed E-state index contributed by atoms with van der Waals surface area (Å²) in [5, 5.41) is 14.7. The van der Waals surface area contributed by atoms with E-state index in [0.717, 1.165) is 69.4 Å². The van der Waals surface area contributed by atoms with E-state index in [4.69, 9.17) is 4.42 Å². The molecule has 0 atom stereocenters. The van der Waals surface area contributed by atoms with Gasteiger partial charge < -0.3 is 15.1 Å². The smallest absolute Gasteiger partial charge is 0.160 e. The molecule has 0 saturated heterocycles. The number of nitrogens with zero attached hydrogens (tertiary/aromatic N) is 2. The molecule has 0 unspecified atom stereocenters. The summed E-state index contributed by atoms with van der Waals surface area (Å²) in [6, 6.07) is 68.3. The van der Waals surface area contributed by atoms with Gasteiger partial charge in [-0.15, -0.1) is 0 Å². The third-order valence-electron chi connectivity index (χ3n) is 16.2. The van der Waals surface area contributed by atoms with Gasteiger partial charge in [-0.3, -0.25) is 9.80 Å². The summed E-state index contributed by atoms with van der Waals surface area (Å²) in [7, 11) is 0. The average Bonchev–Trinajstić information content (AvgIpc) is 3.88. The minimum atomic E-state index is -0.789. The maximum Gasteiger partial charge on any atom is 0.160 e. The fraction of sp³-hybridized carbons (Fsp3) is 0.183. The Bertz CT molecular complexity index is 4030. The van der Waals surface area contributed by atoms with Crippen molar-refractivity contribution in [2.24, 2.45) is 0 Å². The van der Waals surface area contributed by atoms with Crippen LogP contribution in [-0.2, 0) is 16.2 Å². The van der Waals surface area contributed by atoms with Crippen molar-refractivity contribution < 1.29 is 4.42 Å². The zero-order valence-electron chi connectivity index (χ0n) is 44.8. The van der Waals surface area contributed by atoms with Gasteiger partial charge in [-0.25, -0.2) is 0 Å². The molecular weight excluding hydrogens is 925 g/mol. The normalized spacial score (nSPS) is 15.1. The number of rotatable bonds is 8. The molecule has 0 bridgehead atoms. The van der Waals surface area contributed by atoms with Crippen molar-refractivity contribution in [2.45, 2.75) is 71.6 Å². The second kappa shape index (κ2) is 17.8. The number of benzene rings is 9. The summed E-state index contributed by atoms with van der Waals surface area (Å²) in [4.78, 5) is 4.80. The van der Waals surface area contributed by atoms with Gasteiger partial charge in [0.1, 0.15) is 17.2 Å². The first-order valence-electron chi connectivity index (χ1n) is 26.9. The molecule has 10 aromatic rings. The van der Waals surface area contributed by atoms with Crippen LogP contribution in [0.25, 0.3) is 54.6 Å². The van der Waals surface area contributed by atoms with Gasteiger partial charge in [0.25, 0.3) is 0 Å². The second-order valence-electron chi connectivity index (χ2n) is 23.2. The molecule has 0 spiro atoms. The molecule has 3 aliphatic rings. The fourth-order valence-corrected chi connectivity index (χ4v) is 12.4. The zero-order chi connectivity index (χ0) is 52.1. The van der Waals surface area contributed by atoms with Crippen molar-refractivity contribution >= 4 is 66.2 Å². The van der Waals surface area contributed by atoms with E-state index in [1.807, 2.05) is 0 Å². The predicted octanol–water partition coefficient (Wildman–Crippen LogP) is 17.9. The Labute approximate surface area is 447 Å². The van der Waals surface area contributed by atoms with Crippen LogP contribution in [0.1, 0.15) is 88.8 Å².